The zero-order valence-electron chi connectivity index (χ0n) is 30.6. The molecule has 0 aliphatic carbocycles. The van der Waals surface area contributed by atoms with E-state index >= 15 is 0 Å². The molecule has 0 unspecified atom stereocenters. The molecule has 8 aromatic carbocycles. The zero-order valence-corrected chi connectivity index (χ0v) is 30.6. The van der Waals surface area contributed by atoms with E-state index in [0.29, 0.717) is 12.5 Å². The normalized spacial score (nSPS) is 11.8. The molecule has 10 aromatic rings. The molecule has 0 aliphatic rings. The molecule has 56 heavy (non-hydrogen) atoms. The van der Waals surface area contributed by atoms with Crippen LogP contribution < -0.4 is 5.32 Å². The second-order valence-corrected chi connectivity index (χ2v) is 14.0. The Balaban J connectivity index is 1.12. The van der Waals surface area contributed by atoms with E-state index in [9.17, 15) is 0 Å². The molecule has 0 spiro atoms. The second kappa shape index (κ2) is 14.0. The fourth-order valence-electron chi connectivity index (χ4n) is 8.09. The lowest BCUT2D eigenvalue weighted by Gasteiger charge is -2.15. The largest absolute Gasteiger partial charge is 0.352 e. The molecule has 2 aromatic heterocycles. The van der Waals surface area contributed by atoms with Gasteiger partial charge in [0.25, 0.3) is 0 Å². The Hall–Kier alpha value is -7.50. The first-order chi connectivity index (χ1) is 27.7. The molecule has 0 aliphatic heterocycles. The SMILES string of the molecule is N=C(N=C(NCn1c2ccccc2c2cc(-c3cc4c5ccccc5n(-c5ccccc5)c4cc3-c3ccccc3)ccc21)c1ccccc1)c1ccccc1. The van der Waals surface area contributed by atoms with Gasteiger partial charge in [0.05, 0.1) is 28.7 Å². The lowest BCUT2D eigenvalue weighted by atomic mass is 9.92. The van der Waals surface area contributed by atoms with E-state index in [-0.39, 0.29) is 5.84 Å². The molecule has 0 saturated heterocycles. The number of aliphatic imine (C=N–C) groups is 1. The molecule has 0 saturated carbocycles. The van der Waals surface area contributed by atoms with Gasteiger partial charge < -0.3 is 14.5 Å². The number of hydrogen-bond donors (Lipinski definition) is 2. The maximum Gasteiger partial charge on any atom is 0.154 e. The van der Waals surface area contributed by atoms with E-state index in [0.717, 1.165) is 33.4 Å². The molecule has 0 radical (unpaired) electrons. The lowest BCUT2D eigenvalue weighted by molar-refractivity contribution is 0.710. The van der Waals surface area contributed by atoms with Gasteiger partial charge in [0.1, 0.15) is 5.84 Å². The van der Waals surface area contributed by atoms with Gasteiger partial charge in [0, 0.05) is 38.4 Å². The second-order valence-electron chi connectivity index (χ2n) is 14.0. The van der Waals surface area contributed by atoms with E-state index in [1.54, 1.807) is 0 Å². The summed E-state index contributed by atoms with van der Waals surface area (Å²) >= 11 is 0. The summed E-state index contributed by atoms with van der Waals surface area (Å²) in [6.45, 7) is 0.472. The number of para-hydroxylation sites is 3. The highest BCUT2D eigenvalue weighted by Crippen LogP contribution is 2.42. The van der Waals surface area contributed by atoms with Crippen molar-refractivity contribution in [3.05, 3.63) is 211 Å². The molecule has 0 atom stereocenters. The summed E-state index contributed by atoms with van der Waals surface area (Å²) in [5.74, 6) is 0.861. The Morgan fingerprint density at radius 1 is 0.446 bits per heavy atom. The van der Waals surface area contributed by atoms with Crippen LogP contribution >= 0.6 is 0 Å². The summed E-state index contributed by atoms with van der Waals surface area (Å²) in [4.78, 5) is 4.81. The van der Waals surface area contributed by atoms with Gasteiger partial charge in [-0.2, -0.15) is 0 Å². The fourth-order valence-corrected chi connectivity index (χ4v) is 8.09. The van der Waals surface area contributed by atoms with Gasteiger partial charge in [-0.25, -0.2) is 4.99 Å². The molecule has 5 nitrogen and oxygen atoms in total. The van der Waals surface area contributed by atoms with Crippen LogP contribution in [0.3, 0.4) is 0 Å². The molecular formula is C51H37N5. The van der Waals surface area contributed by atoms with Gasteiger partial charge >= 0.3 is 0 Å². The number of aromatic nitrogens is 2. The molecule has 0 bridgehead atoms. The van der Waals surface area contributed by atoms with Crippen LogP contribution in [0.1, 0.15) is 11.1 Å². The summed E-state index contributed by atoms with van der Waals surface area (Å²) in [7, 11) is 0. The van der Waals surface area contributed by atoms with E-state index in [4.69, 9.17) is 10.4 Å². The van der Waals surface area contributed by atoms with Crippen molar-refractivity contribution in [2.24, 2.45) is 4.99 Å². The third-order valence-corrected chi connectivity index (χ3v) is 10.7. The van der Waals surface area contributed by atoms with Crippen LogP contribution in [0.4, 0.5) is 0 Å². The van der Waals surface area contributed by atoms with E-state index < -0.39 is 0 Å². The lowest BCUT2D eigenvalue weighted by Crippen LogP contribution is -2.28. The summed E-state index contributed by atoms with van der Waals surface area (Å²) in [5, 5.41) is 17.3. The maximum atomic E-state index is 8.81. The highest BCUT2D eigenvalue weighted by atomic mass is 15.2. The smallest absolute Gasteiger partial charge is 0.154 e. The Morgan fingerprint density at radius 3 is 1.70 bits per heavy atom. The Kier molecular flexibility index (Phi) is 8.30. The van der Waals surface area contributed by atoms with Crippen LogP contribution in [0.25, 0.3) is 71.6 Å². The number of hydrogen-bond acceptors (Lipinski definition) is 1. The Bertz CT molecular complexity index is 3070. The molecular weight excluding hydrogens is 683 g/mol. The number of fused-ring (bicyclic) bond motifs is 6. The van der Waals surface area contributed by atoms with Crippen LogP contribution in [-0.2, 0) is 6.67 Å². The van der Waals surface area contributed by atoms with Gasteiger partial charge in [0.15, 0.2) is 5.84 Å². The van der Waals surface area contributed by atoms with Crippen molar-refractivity contribution in [2.75, 3.05) is 0 Å². The molecule has 0 fully saturated rings. The van der Waals surface area contributed by atoms with Crippen molar-refractivity contribution in [1.82, 2.24) is 14.5 Å². The number of amidine groups is 2. The molecule has 2 N–H and O–H groups in total. The first-order valence-corrected chi connectivity index (χ1v) is 18.9. The average molecular weight is 720 g/mol. The topological polar surface area (TPSA) is 58.1 Å². The van der Waals surface area contributed by atoms with Crippen LogP contribution in [0.15, 0.2) is 205 Å². The molecule has 266 valence electrons. The number of nitrogens with zero attached hydrogens (tertiary/aromatic N) is 3. The molecule has 5 heteroatoms. The van der Waals surface area contributed by atoms with Crippen molar-refractivity contribution >= 4 is 55.3 Å². The van der Waals surface area contributed by atoms with Gasteiger partial charge in [-0.05, 0) is 70.8 Å². The maximum absolute atomic E-state index is 8.81. The average Bonchev–Trinajstić information content (AvgIpc) is 3.77. The van der Waals surface area contributed by atoms with E-state index in [1.807, 2.05) is 60.7 Å². The first kappa shape index (κ1) is 33.1. The number of benzene rings is 8. The van der Waals surface area contributed by atoms with Crippen molar-refractivity contribution in [2.45, 2.75) is 6.67 Å². The van der Waals surface area contributed by atoms with Crippen LogP contribution in [0, 0.1) is 5.41 Å². The molecule has 2 heterocycles. The molecule has 0 amide bonds. The monoisotopic (exact) mass is 719 g/mol. The number of nitrogens with one attached hydrogen (secondary N) is 2. The Morgan fingerprint density at radius 2 is 0.982 bits per heavy atom. The summed E-state index contributed by atoms with van der Waals surface area (Å²) in [6, 6.07) is 70.1. The Labute approximate surface area is 325 Å². The van der Waals surface area contributed by atoms with Crippen molar-refractivity contribution in [3.63, 3.8) is 0 Å². The highest BCUT2D eigenvalue weighted by Gasteiger charge is 2.19. The minimum Gasteiger partial charge on any atom is -0.352 e. The third kappa shape index (κ3) is 5.83. The predicted molar refractivity (Wildman–Crippen MR) is 234 cm³/mol. The summed E-state index contributed by atoms with van der Waals surface area (Å²) < 4.78 is 4.70. The van der Waals surface area contributed by atoms with E-state index in [1.165, 1.54) is 49.3 Å². The van der Waals surface area contributed by atoms with Crippen LogP contribution in [0.2, 0.25) is 0 Å². The first-order valence-electron chi connectivity index (χ1n) is 18.9. The minimum atomic E-state index is 0.210. The van der Waals surface area contributed by atoms with Gasteiger partial charge in [-0.15, -0.1) is 0 Å². The van der Waals surface area contributed by atoms with Crippen molar-refractivity contribution in [1.29, 1.82) is 5.41 Å². The quantitative estimate of drug-likeness (QED) is 0.125. The van der Waals surface area contributed by atoms with Crippen molar-refractivity contribution < 1.29 is 0 Å². The predicted octanol–water partition coefficient (Wildman–Crippen LogP) is 12.2. The van der Waals surface area contributed by atoms with Crippen LogP contribution in [0.5, 0.6) is 0 Å². The fraction of sp³-hybridized carbons (Fsp3) is 0.0196. The summed E-state index contributed by atoms with van der Waals surface area (Å²) in [5.41, 5.74) is 12.2. The third-order valence-electron chi connectivity index (χ3n) is 10.7. The van der Waals surface area contributed by atoms with Crippen molar-refractivity contribution in [3.8, 4) is 27.9 Å². The highest BCUT2D eigenvalue weighted by molar-refractivity contribution is 6.14. The number of rotatable bonds is 7. The minimum absolute atomic E-state index is 0.210. The zero-order chi connectivity index (χ0) is 37.4. The molecule has 10 rings (SSSR count). The van der Waals surface area contributed by atoms with Gasteiger partial charge in [0.2, 0.25) is 0 Å². The summed E-state index contributed by atoms with van der Waals surface area (Å²) in [6.07, 6.45) is 0. The standard InChI is InChI=1S/C51H37N5/c52-50(36-19-7-2-8-20-36)54-51(37-21-9-3-10-22-37)53-34-55-46-27-15-13-25-40(46)44-31-38(29-30-47(44)55)42-32-45-41-26-14-16-28-48(41)56(39-23-11-4-12-24-39)49(45)33-43(42)35-17-5-1-6-18-35/h1-33H,34H2,(H2,52,53,54). The van der Waals surface area contributed by atoms with Crippen LogP contribution in [-0.4, -0.2) is 20.8 Å². The van der Waals surface area contributed by atoms with Gasteiger partial charge in [-0.3, -0.25) is 5.41 Å². The van der Waals surface area contributed by atoms with E-state index in [2.05, 4.69) is 154 Å². The van der Waals surface area contributed by atoms with Gasteiger partial charge in [-0.1, -0.05) is 152 Å².